The SMILES string of the molecule is c1cc(-c2ccc(N(c3ccc4c(c3)oc3ccccc34)c3ccccc3-c3ccc4oc5c6ccccc6ccc5c4c3)cc2)cc(-c2ccc3ccccc3c2)c1. The Balaban J connectivity index is 0.988. The Labute approximate surface area is 340 Å². The van der Waals surface area contributed by atoms with Crippen LogP contribution in [-0.4, -0.2) is 0 Å². The van der Waals surface area contributed by atoms with Gasteiger partial charge in [-0.2, -0.15) is 0 Å². The predicted molar refractivity (Wildman–Crippen MR) is 247 cm³/mol. The number of hydrogen-bond acceptors (Lipinski definition) is 3. The van der Waals surface area contributed by atoms with Gasteiger partial charge in [-0.15, -0.1) is 0 Å². The van der Waals surface area contributed by atoms with E-state index in [0.29, 0.717) is 0 Å². The summed E-state index contributed by atoms with van der Waals surface area (Å²) in [4.78, 5) is 2.35. The molecule has 0 amide bonds. The summed E-state index contributed by atoms with van der Waals surface area (Å²) in [5.41, 5.74) is 13.6. The van der Waals surface area contributed by atoms with Gasteiger partial charge < -0.3 is 13.7 Å². The molecular weight excluding hydrogens is 719 g/mol. The van der Waals surface area contributed by atoms with Crippen LogP contribution in [0.1, 0.15) is 0 Å². The number of nitrogens with zero attached hydrogens (tertiary/aromatic N) is 1. The van der Waals surface area contributed by atoms with Gasteiger partial charge in [-0.05, 0) is 111 Å². The molecule has 0 unspecified atom stereocenters. The Bertz CT molecular complexity index is 3570. The third-order valence-corrected chi connectivity index (χ3v) is 11.8. The third-order valence-electron chi connectivity index (χ3n) is 11.8. The lowest BCUT2D eigenvalue weighted by atomic mass is 9.97. The number of rotatable bonds is 6. The van der Waals surface area contributed by atoms with Crippen LogP contribution in [0.2, 0.25) is 0 Å². The second kappa shape index (κ2) is 13.4. The topological polar surface area (TPSA) is 29.5 Å². The Morgan fingerprint density at radius 3 is 1.81 bits per heavy atom. The average Bonchev–Trinajstić information content (AvgIpc) is 3.87. The van der Waals surface area contributed by atoms with Gasteiger partial charge in [0.2, 0.25) is 0 Å². The highest BCUT2D eigenvalue weighted by Gasteiger charge is 2.20. The van der Waals surface area contributed by atoms with E-state index >= 15 is 0 Å². The number of para-hydroxylation sites is 2. The van der Waals surface area contributed by atoms with Crippen molar-refractivity contribution in [3.63, 3.8) is 0 Å². The van der Waals surface area contributed by atoms with Crippen molar-refractivity contribution in [2.45, 2.75) is 0 Å². The zero-order chi connectivity index (χ0) is 38.9. The monoisotopic (exact) mass is 753 g/mol. The standard InChI is InChI=1S/C56H35NO2/c1-2-12-39-33-42(21-20-36(39)10-1)41-14-9-13-40(32-41)37-22-26-44(27-23-37)57(45-28-30-49-48-17-6-8-19-53(48)58-55(49)35-45)52-18-7-5-15-46(52)43-25-31-54-51(34-43)50-29-24-38-11-3-4-16-47(38)56(50)59-54/h1-35H. The van der Waals surface area contributed by atoms with E-state index in [4.69, 9.17) is 8.83 Å². The molecule has 59 heavy (non-hydrogen) atoms. The quantitative estimate of drug-likeness (QED) is 0.169. The summed E-state index contributed by atoms with van der Waals surface area (Å²) < 4.78 is 13.0. The fourth-order valence-corrected chi connectivity index (χ4v) is 8.92. The average molecular weight is 754 g/mol. The van der Waals surface area contributed by atoms with Gasteiger partial charge in [-0.1, -0.05) is 140 Å². The predicted octanol–water partition coefficient (Wildman–Crippen LogP) is 16.3. The maximum Gasteiger partial charge on any atom is 0.143 e. The van der Waals surface area contributed by atoms with Gasteiger partial charge in [0.25, 0.3) is 0 Å². The molecule has 12 aromatic rings. The highest BCUT2D eigenvalue weighted by Crippen LogP contribution is 2.45. The maximum atomic E-state index is 6.52. The van der Waals surface area contributed by atoms with Gasteiger partial charge in [-0.3, -0.25) is 0 Å². The first-order valence-electron chi connectivity index (χ1n) is 20.1. The molecule has 0 aliphatic carbocycles. The van der Waals surface area contributed by atoms with Crippen molar-refractivity contribution in [2.75, 3.05) is 4.90 Å². The molecule has 0 atom stereocenters. The van der Waals surface area contributed by atoms with E-state index in [0.717, 1.165) is 83.0 Å². The normalized spacial score (nSPS) is 11.7. The number of benzene rings is 10. The summed E-state index contributed by atoms with van der Waals surface area (Å²) in [6.07, 6.45) is 0. The molecule has 0 fully saturated rings. The van der Waals surface area contributed by atoms with Crippen molar-refractivity contribution in [3.05, 3.63) is 212 Å². The lowest BCUT2D eigenvalue weighted by molar-refractivity contribution is 0.669. The number of furan rings is 2. The maximum absolute atomic E-state index is 6.52. The molecule has 0 aliphatic heterocycles. The molecule has 0 radical (unpaired) electrons. The molecule has 0 spiro atoms. The second-order valence-electron chi connectivity index (χ2n) is 15.3. The van der Waals surface area contributed by atoms with Crippen LogP contribution < -0.4 is 4.90 Å². The zero-order valence-electron chi connectivity index (χ0n) is 32.0. The van der Waals surface area contributed by atoms with E-state index < -0.39 is 0 Å². The molecular formula is C56H35NO2. The summed E-state index contributed by atoms with van der Waals surface area (Å²) in [5, 5.41) is 9.22. The second-order valence-corrected chi connectivity index (χ2v) is 15.3. The molecule has 276 valence electrons. The number of anilines is 3. The first kappa shape index (κ1) is 33.3. The van der Waals surface area contributed by atoms with Crippen LogP contribution in [0, 0.1) is 0 Å². The molecule has 12 rings (SSSR count). The first-order valence-corrected chi connectivity index (χ1v) is 20.1. The Morgan fingerprint density at radius 1 is 0.288 bits per heavy atom. The molecule has 0 aliphatic rings. The summed E-state index contributed by atoms with van der Waals surface area (Å²) >= 11 is 0. The molecule has 3 heteroatoms. The Hall–Kier alpha value is -7.88. The smallest absolute Gasteiger partial charge is 0.143 e. The third kappa shape index (κ3) is 5.59. The first-order chi connectivity index (χ1) is 29.2. The van der Waals surface area contributed by atoms with Crippen molar-refractivity contribution >= 4 is 82.5 Å². The fraction of sp³-hybridized carbons (Fsp3) is 0. The molecule has 2 aromatic heterocycles. The minimum atomic E-state index is 0.854. The van der Waals surface area contributed by atoms with Crippen LogP contribution in [0.15, 0.2) is 221 Å². The fourth-order valence-electron chi connectivity index (χ4n) is 8.92. The van der Waals surface area contributed by atoms with Gasteiger partial charge in [0, 0.05) is 49.9 Å². The van der Waals surface area contributed by atoms with Crippen LogP contribution in [0.3, 0.4) is 0 Å². The number of fused-ring (bicyclic) bond motifs is 9. The van der Waals surface area contributed by atoms with Crippen LogP contribution in [-0.2, 0) is 0 Å². The Kier molecular flexibility index (Phi) is 7.54. The van der Waals surface area contributed by atoms with Crippen molar-refractivity contribution in [2.24, 2.45) is 0 Å². The van der Waals surface area contributed by atoms with Crippen molar-refractivity contribution in [1.29, 1.82) is 0 Å². The van der Waals surface area contributed by atoms with Gasteiger partial charge in [0.05, 0.1) is 5.69 Å². The molecule has 3 nitrogen and oxygen atoms in total. The summed E-state index contributed by atoms with van der Waals surface area (Å²) in [7, 11) is 0. The van der Waals surface area contributed by atoms with E-state index in [1.165, 1.54) is 32.8 Å². The zero-order valence-corrected chi connectivity index (χ0v) is 32.0. The van der Waals surface area contributed by atoms with Crippen LogP contribution in [0.4, 0.5) is 17.1 Å². The molecule has 10 aromatic carbocycles. The van der Waals surface area contributed by atoms with E-state index in [2.05, 4.69) is 205 Å². The molecule has 0 bridgehead atoms. The lowest BCUT2D eigenvalue weighted by Crippen LogP contribution is -2.11. The molecule has 2 heterocycles. The van der Waals surface area contributed by atoms with Crippen LogP contribution >= 0.6 is 0 Å². The highest BCUT2D eigenvalue weighted by molar-refractivity contribution is 6.16. The minimum Gasteiger partial charge on any atom is -0.456 e. The summed E-state index contributed by atoms with van der Waals surface area (Å²) in [5.74, 6) is 0. The van der Waals surface area contributed by atoms with Crippen LogP contribution in [0.25, 0.3) is 98.8 Å². The minimum absolute atomic E-state index is 0.854. The van der Waals surface area contributed by atoms with Crippen molar-refractivity contribution in [1.82, 2.24) is 0 Å². The molecule has 0 saturated carbocycles. The number of hydrogen-bond donors (Lipinski definition) is 0. The highest BCUT2D eigenvalue weighted by atomic mass is 16.3. The summed E-state index contributed by atoms with van der Waals surface area (Å²) in [6.45, 7) is 0. The summed E-state index contributed by atoms with van der Waals surface area (Å²) in [6, 6.07) is 75.8. The lowest BCUT2D eigenvalue weighted by Gasteiger charge is -2.28. The Morgan fingerprint density at radius 2 is 0.915 bits per heavy atom. The van der Waals surface area contributed by atoms with Gasteiger partial charge in [-0.25, -0.2) is 0 Å². The van der Waals surface area contributed by atoms with Gasteiger partial charge in [0.1, 0.15) is 22.3 Å². The van der Waals surface area contributed by atoms with E-state index in [1.54, 1.807) is 0 Å². The van der Waals surface area contributed by atoms with Gasteiger partial charge in [0.15, 0.2) is 0 Å². The van der Waals surface area contributed by atoms with E-state index in [9.17, 15) is 0 Å². The largest absolute Gasteiger partial charge is 0.456 e. The van der Waals surface area contributed by atoms with Crippen LogP contribution in [0.5, 0.6) is 0 Å². The van der Waals surface area contributed by atoms with Crippen molar-refractivity contribution in [3.8, 4) is 33.4 Å². The molecule has 0 N–H and O–H groups in total. The van der Waals surface area contributed by atoms with Gasteiger partial charge >= 0.3 is 0 Å². The van der Waals surface area contributed by atoms with E-state index in [1.807, 2.05) is 12.1 Å². The molecule has 0 saturated heterocycles. The van der Waals surface area contributed by atoms with Crippen molar-refractivity contribution < 1.29 is 8.83 Å². The van der Waals surface area contributed by atoms with E-state index in [-0.39, 0.29) is 0 Å².